The fraction of sp³-hybridized carbons (Fsp3) is 0.400. The van der Waals surface area contributed by atoms with E-state index in [0.717, 1.165) is 8.58 Å². The Labute approximate surface area is 78.3 Å². The van der Waals surface area contributed by atoms with Crippen LogP contribution in [-0.4, -0.2) is 25.7 Å². The maximum atomic E-state index is 2.35. The highest BCUT2D eigenvalue weighted by atomic mass is 31.1. The predicted octanol–water partition coefficient (Wildman–Crippen LogP) is 2.73. The minimum absolute atomic E-state index is 0.310. The molecule has 0 heterocycles. The lowest BCUT2D eigenvalue weighted by Gasteiger charge is -2.04. The number of rotatable bonds is 4. The van der Waals surface area contributed by atoms with Crippen molar-refractivity contribution < 1.29 is 0 Å². The van der Waals surface area contributed by atoms with Crippen LogP contribution < -0.4 is 5.30 Å². The van der Waals surface area contributed by atoms with Gasteiger partial charge in [0.2, 0.25) is 0 Å². The minimum Gasteiger partial charge on any atom is -0.113 e. The van der Waals surface area contributed by atoms with Crippen molar-refractivity contribution in [2.45, 2.75) is 0 Å². The van der Waals surface area contributed by atoms with Gasteiger partial charge in [0.25, 0.3) is 0 Å². The van der Waals surface area contributed by atoms with Gasteiger partial charge >= 0.3 is 0 Å². The van der Waals surface area contributed by atoms with Gasteiger partial charge in [-0.25, -0.2) is 0 Å². The molecule has 0 nitrogen and oxygen atoms in total. The van der Waals surface area contributed by atoms with Gasteiger partial charge in [-0.2, -0.15) is 0 Å². The summed E-state index contributed by atoms with van der Waals surface area (Å²) in [4.78, 5) is 0. The van der Waals surface area contributed by atoms with Crippen LogP contribution >= 0.6 is 16.5 Å². The van der Waals surface area contributed by atoms with Gasteiger partial charge < -0.3 is 0 Å². The van der Waals surface area contributed by atoms with Crippen molar-refractivity contribution in [3.05, 3.63) is 30.3 Å². The van der Waals surface area contributed by atoms with Crippen LogP contribution in [0.3, 0.4) is 0 Å². The third-order valence-corrected chi connectivity index (χ3v) is 4.44. The normalized spacial score (nSPS) is 11.6. The number of benzene rings is 1. The second kappa shape index (κ2) is 5.68. The highest BCUT2D eigenvalue weighted by Gasteiger charge is 1.93. The molecule has 0 saturated heterocycles. The second-order valence-electron chi connectivity index (χ2n) is 3.10. The van der Waals surface area contributed by atoms with Gasteiger partial charge in [-0.05, 0) is 31.0 Å². The smallest absolute Gasteiger partial charge is 0.0271 e. The van der Waals surface area contributed by atoms with Crippen molar-refractivity contribution in [2.24, 2.45) is 0 Å². The molecule has 66 valence electrons. The summed E-state index contributed by atoms with van der Waals surface area (Å²) >= 11 is 0. The largest absolute Gasteiger partial charge is 0.113 e. The average Bonchev–Trinajstić information content (AvgIpc) is 2.05. The first-order valence-corrected chi connectivity index (χ1v) is 7.85. The molecule has 0 bridgehead atoms. The average molecular weight is 198 g/mol. The molecule has 2 heteroatoms. The first kappa shape index (κ1) is 10.2. The lowest BCUT2D eigenvalue weighted by atomic mass is 10.4. The van der Waals surface area contributed by atoms with Crippen LogP contribution in [0.25, 0.3) is 0 Å². The number of hydrogen-bond acceptors (Lipinski definition) is 0. The summed E-state index contributed by atoms with van der Waals surface area (Å²) in [6, 6.07) is 10.8. The third-order valence-electron chi connectivity index (χ3n) is 1.66. The SMILES string of the molecule is CP(C)CCPc1ccccc1. The molecular formula is C10H16P2. The molecule has 1 unspecified atom stereocenters. The number of hydrogen-bond donors (Lipinski definition) is 0. The standard InChI is InChI=1S/C10H16P2/c1-12(2)9-8-11-10-6-4-3-5-7-10/h3-7,11H,8-9H2,1-2H3. The topological polar surface area (TPSA) is 0 Å². The first-order valence-electron chi connectivity index (χ1n) is 4.22. The Kier molecular flexibility index (Phi) is 4.81. The maximum Gasteiger partial charge on any atom is -0.0271 e. The third kappa shape index (κ3) is 4.19. The van der Waals surface area contributed by atoms with E-state index in [4.69, 9.17) is 0 Å². The molecule has 1 atom stereocenters. The summed E-state index contributed by atoms with van der Waals surface area (Å²) in [5.74, 6) is 0. The van der Waals surface area contributed by atoms with Crippen LogP contribution in [0.4, 0.5) is 0 Å². The predicted molar refractivity (Wildman–Crippen MR) is 62.9 cm³/mol. The van der Waals surface area contributed by atoms with Crippen molar-refractivity contribution in [1.29, 1.82) is 0 Å². The van der Waals surface area contributed by atoms with E-state index < -0.39 is 0 Å². The molecule has 0 saturated carbocycles. The molecule has 12 heavy (non-hydrogen) atoms. The molecule has 0 aliphatic rings. The highest BCUT2D eigenvalue weighted by Crippen LogP contribution is 2.26. The van der Waals surface area contributed by atoms with Gasteiger partial charge in [-0.15, -0.1) is 7.92 Å². The van der Waals surface area contributed by atoms with Crippen LogP contribution in [0.5, 0.6) is 0 Å². The van der Waals surface area contributed by atoms with Crippen molar-refractivity contribution in [1.82, 2.24) is 0 Å². The monoisotopic (exact) mass is 198 g/mol. The van der Waals surface area contributed by atoms with Gasteiger partial charge in [0, 0.05) is 0 Å². The molecular weight excluding hydrogens is 182 g/mol. The van der Waals surface area contributed by atoms with E-state index in [1.807, 2.05) is 0 Å². The maximum absolute atomic E-state index is 2.35. The van der Waals surface area contributed by atoms with Crippen molar-refractivity contribution in [2.75, 3.05) is 25.7 Å². The fourth-order valence-corrected chi connectivity index (χ4v) is 3.93. The van der Waals surface area contributed by atoms with E-state index in [0.29, 0.717) is 7.92 Å². The van der Waals surface area contributed by atoms with E-state index >= 15 is 0 Å². The van der Waals surface area contributed by atoms with E-state index in [9.17, 15) is 0 Å². The molecule has 0 fully saturated rings. The molecule has 0 amide bonds. The van der Waals surface area contributed by atoms with Crippen LogP contribution in [0.1, 0.15) is 0 Å². The van der Waals surface area contributed by atoms with E-state index in [1.165, 1.54) is 17.6 Å². The highest BCUT2D eigenvalue weighted by molar-refractivity contribution is 7.57. The summed E-state index contributed by atoms with van der Waals surface area (Å²) in [5, 5.41) is 1.51. The molecule has 0 spiro atoms. The molecule has 1 aromatic rings. The van der Waals surface area contributed by atoms with Crippen molar-refractivity contribution in [3.8, 4) is 0 Å². The summed E-state index contributed by atoms with van der Waals surface area (Å²) in [5.41, 5.74) is 0. The van der Waals surface area contributed by atoms with E-state index in [-0.39, 0.29) is 0 Å². The van der Waals surface area contributed by atoms with Gasteiger partial charge in [-0.1, -0.05) is 38.9 Å². The minimum atomic E-state index is 0.310. The summed E-state index contributed by atoms with van der Waals surface area (Å²) in [6.45, 7) is 4.70. The fourth-order valence-electron chi connectivity index (χ4n) is 0.980. The lowest BCUT2D eigenvalue weighted by Crippen LogP contribution is -1.95. The molecule has 0 radical (unpaired) electrons. The quantitative estimate of drug-likeness (QED) is 0.652. The zero-order chi connectivity index (χ0) is 8.81. The Balaban J connectivity index is 2.25. The Morgan fingerprint density at radius 1 is 1.17 bits per heavy atom. The van der Waals surface area contributed by atoms with Gasteiger partial charge in [0.1, 0.15) is 0 Å². The molecule has 1 aromatic carbocycles. The van der Waals surface area contributed by atoms with Gasteiger partial charge in [-0.3, -0.25) is 0 Å². The molecule has 0 aliphatic carbocycles. The Bertz CT molecular complexity index is 206. The second-order valence-corrected chi connectivity index (χ2v) is 7.13. The molecule has 0 aliphatic heterocycles. The summed E-state index contributed by atoms with van der Waals surface area (Å²) in [6.07, 6.45) is 2.80. The summed E-state index contributed by atoms with van der Waals surface area (Å²) < 4.78 is 0. The van der Waals surface area contributed by atoms with Crippen LogP contribution in [0.15, 0.2) is 30.3 Å². The lowest BCUT2D eigenvalue weighted by molar-refractivity contribution is 1.52. The summed E-state index contributed by atoms with van der Waals surface area (Å²) in [7, 11) is 1.32. The zero-order valence-electron chi connectivity index (χ0n) is 7.75. The Hall–Kier alpha value is 0.0800. The first-order chi connectivity index (χ1) is 5.79. The molecule has 0 N–H and O–H groups in total. The van der Waals surface area contributed by atoms with Crippen LogP contribution in [0, 0.1) is 0 Å². The molecule has 1 rings (SSSR count). The van der Waals surface area contributed by atoms with Crippen LogP contribution in [0.2, 0.25) is 0 Å². The van der Waals surface area contributed by atoms with Gasteiger partial charge in [0.15, 0.2) is 0 Å². The van der Waals surface area contributed by atoms with E-state index in [1.54, 1.807) is 0 Å². The van der Waals surface area contributed by atoms with Crippen molar-refractivity contribution >= 4 is 21.8 Å². The zero-order valence-corrected chi connectivity index (χ0v) is 9.64. The van der Waals surface area contributed by atoms with Gasteiger partial charge in [0.05, 0.1) is 0 Å². The Morgan fingerprint density at radius 3 is 2.42 bits per heavy atom. The molecule has 0 aromatic heterocycles. The van der Waals surface area contributed by atoms with Crippen molar-refractivity contribution in [3.63, 3.8) is 0 Å². The Morgan fingerprint density at radius 2 is 1.83 bits per heavy atom. The van der Waals surface area contributed by atoms with Crippen LogP contribution in [-0.2, 0) is 0 Å². The van der Waals surface area contributed by atoms with E-state index in [2.05, 4.69) is 43.7 Å².